The lowest BCUT2D eigenvalue weighted by atomic mass is 9.66. The number of benzene rings is 1. The van der Waals surface area contributed by atoms with Crippen molar-refractivity contribution in [3.05, 3.63) is 58.0 Å². The Labute approximate surface area is 188 Å². The molecule has 0 radical (unpaired) electrons. The minimum atomic E-state index is -0.998. The predicted molar refractivity (Wildman–Crippen MR) is 123 cm³/mol. The molecule has 1 aliphatic heterocycles. The van der Waals surface area contributed by atoms with Crippen LogP contribution in [-0.2, 0) is 13.2 Å². The highest BCUT2D eigenvalue weighted by Crippen LogP contribution is 2.49. The van der Waals surface area contributed by atoms with Crippen molar-refractivity contribution in [2.24, 2.45) is 5.41 Å². The lowest BCUT2D eigenvalue weighted by Crippen LogP contribution is -2.60. The molecule has 172 valence electrons. The standard InChI is InChI=1S/C25H33N3O4/c1-27(2)23(31)21-14-28(17-25(32)11-12-26-16-24(25)9-5-6-10-24)22(30)13-20(21)19-8-4-3-7-18(19)15-29/h3-4,7-8,13-14,26,29,32H,5-6,9-12,15-17H2,1-2H3. The summed E-state index contributed by atoms with van der Waals surface area (Å²) in [5.74, 6) is -0.227. The van der Waals surface area contributed by atoms with Crippen LogP contribution in [0.4, 0.5) is 0 Å². The number of carbonyl (C=O) groups excluding carboxylic acids is 1. The number of hydrogen-bond donors (Lipinski definition) is 3. The van der Waals surface area contributed by atoms with Crippen molar-refractivity contribution in [1.29, 1.82) is 0 Å². The number of nitrogens with one attached hydrogen (secondary N) is 1. The van der Waals surface area contributed by atoms with Gasteiger partial charge in [-0.05, 0) is 36.9 Å². The van der Waals surface area contributed by atoms with Gasteiger partial charge in [-0.25, -0.2) is 0 Å². The van der Waals surface area contributed by atoms with Gasteiger partial charge in [-0.2, -0.15) is 0 Å². The van der Waals surface area contributed by atoms with Crippen LogP contribution in [0.1, 0.15) is 48.0 Å². The summed E-state index contributed by atoms with van der Waals surface area (Å²) in [6, 6.07) is 8.71. The second kappa shape index (κ2) is 8.81. The van der Waals surface area contributed by atoms with E-state index in [-0.39, 0.29) is 30.0 Å². The fourth-order valence-electron chi connectivity index (χ4n) is 5.53. The van der Waals surface area contributed by atoms with Gasteiger partial charge < -0.3 is 25.0 Å². The number of pyridine rings is 1. The molecule has 1 saturated carbocycles. The summed E-state index contributed by atoms with van der Waals surface area (Å²) < 4.78 is 1.51. The van der Waals surface area contributed by atoms with Crippen molar-refractivity contribution in [3.63, 3.8) is 0 Å². The minimum Gasteiger partial charge on any atom is -0.392 e. The van der Waals surface area contributed by atoms with Gasteiger partial charge in [0.05, 0.1) is 24.3 Å². The first kappa shape index (κ1) is 22.7. The molecule has 4 rings (SSSR count). The van der Waals surface area contributed by atoms with E-state index >= 15 is 0 Å². The zero-order chi connectivity index (χ0) is 22.9. The van der Waals surface area contributed by atoms with E-state index in [0.29, 0.717) is 35.2 Å². The first-order valence-corrected chi connectivity index (χ1v) is 11.4. The maximum Gasteiger partial charge on any atom is 0.255 e. The van der Waals surface area contributed by atoms with Crippen molar-refractivity contribution < 1.29 is 15.0 Å². The van der Waals surface area contributed by atoms with Gasteiger partial charge in [0.2, 0.25) is 0 Å². The van der Waals surface area contributed by atoms with Crippen molar-refractivity contribution in [2.75, 3.05) is 27.2 Å². The van der Waals surface area contributed by atoms with Gasteiger partial charge in [0, 0.05) is 43.9 Å². The summed E-state index contributed by atoms with van der Waals surface area (Å²) in [5.41, 5.74) is 0.705. The molecule has 2 aromatic rings. The van der Waals surface area contributed by atoms with Crippen molar-refractivity contribution in [3.8, 4) is 11.1 Å². The molecule has 1 unspecified atom stereocenters. The van der Waals surface area contributed by atoms with Crippen LogP contribution in [0.3, 0.4) is 0 Å². The van der Waals surface area contributed by atoms with Gasteiger partial charge in [0.15, 0.2) is 0 Å². The van der Waals surface area contributed by atoms with E-state index in [1.54, 1.807) is 26.4 Å². The quantitative estimate of drug-likeness (QED) is 0.662. The maximum absolute atomic E-state index is 13.2. The molecule has 1 aromatic heterocycles. The highest BCUT2D eigenvalue weighted by atomic mass is 16.3. The Morgan fingerprint density at radius 3 is 2.56 bits per heavy atom. The Morgan fingerprint density at radius 1 is 1.16 bits per heavy atom. The number of hydrogen-bond acceptors (Lipinski definition) is 5. The third kappa shape index (κ3) is 3.89. The van der Waals surface area contributed by atoms with Crippen molar-refractivity contribution in [2.45, 2.75) is 50.9 Å². The molecule has 32 heavy (non-hydrogen) atoms. The highest BCUT2D eigenvalue weighted by molar-refractivity contribution is 6.00. The normalized spacial score (nSPS) is 22.2. The predicted octanol–water partition coefficient (Wildman–Crippen LogP) is 1.99. The minimum absolute atomic E-state index is 0.170. The molecule has 1 spiro atoms. The van der Waals surface area contributed by atoms with Crippen molar-refractivity contribution in [1.82, 2.24) is 14.8 Å². The zero-order valence-electron chi connectivity index (χ0n) is 18.9. The van der Waals surface area contributed by atoms with Gasteiger partial charge in [0.25, 0.3) is 11.5 Å². The fourth-order valence-corrected chi connectivity index (χ4v) is 5.53. The molecule has 7 heteroatoms. The number of aromatic nitrogens is 1. The van der Waals surface area contributed by atoms with Crippen LogP contribution in [0.2, 0.25) is 0 Å². The number of aliphatic hydroxyl groups is 2. The number of amides is 1. The van der Waals surface area contributed by atoms with E-state index in [2.05, 4.69) is 5.32 Å². The van der Waals surface area contributed by atoms with E-state index in [4.69, 9.17) is 0 Å². The van der Waals surface area contributed by atoms with E-state index in [1.165, 1.54) is 15.5 Å². The maximum atomic E-state index is 13.2. The van der Waals surface area contributed by atoms with Crippen LogP contribution < -0.4 is 10.9 Å². The zero-order valence-corrected chi connectivity index (χ0v) is 18.9. The first-order valence-electron chi connectivity index (χ1n) is 11.4. The summed E-state index contributed by atoms with van der Waals surface area (Å²) in [5, 5.41) is 25.0. The van der Waals surface area contributed by atoms with Gasteiger partial charge in [0.1, 0.15) is 0 Å². The Hall–Kier alpha value is -2.48. The third-order valence-electron chi connectivity index (χ3n) is 7.40. The molecular weight excluding hydrogens is 406 g/mol. The van der Waals surface area contributed by atoms with Crippen LogP contribution in [0.5, 0.6) is 0 Å². The Bertz CT molecular complexity index is 1060. The van der Waals surface area contributed by atoms with Crippen molar-refractivity contribution >= 4 is 5.91 Å². The van der Waals surface area contributed by atoms with Gasteiger partial charge in [-0.1, -0.05) is 37.1 Å². The number of nitrogens with zero attached hydrogens (tertiary/aromatic N) is 2. The molecule has 1 aliphatic carbocycles. The average Bonchev–Trinajstić information content (AvgIpc) is 3.27. The third-order valence-corrected chi connectivity index (χ3v) is 7.40. The monoisotopic (exact) mass is 439 g/mol. The van der Waals surface area contributed by atoms with E-state index in [9.17, 15) is 19.8 Å². The van der Waals surface area contributed by atoms with E-state index < -0.39 is 5.60 Å². The number of aliphatic hydroxyl groups excluding tert-OH is 1. The van der Waals surface area contributed by atoms with Crippen LogP contribution >= 0.6 is 0 Å². The molecule has 7 nitrogen and oxygen atoms in total. The van der Waals surface area contributed by atoms with Crippen LogP contribution in [-0.4, -0.2) is 58.4 Å². The molecule has 1 aromatic carbocycles. The van der Waals surface area contributed by atoms with Crippen LogP contribution in [0, 0.1) is 5.41 Å². The summed E-state index contributed by atoms with van der Waals surface area (Å²) in [6.07, 6.45) is 6.22. The Morgan fingerprint density at radius 2 is 1.88 bits per heavy atom. The SMILES string of the molecule is CN(C)C(=O)c1cn(CC2(O)CCNCC23CCCC3)c(=O)cc1-c1ccccc1CO. The lowest BCUT2D eigenvalue weighted by Gasteiger charge is -2.49. The molecule has 0 bridgehead atoms. The summed E-state index contributed by atoms with van der Waals surface area (Å²) in [6.45, 7) is 1.44. The second-order valence-electron chi connectivity index (χ2n) is 9.53. The Kier molecular flexibility index (Phi) is 6.25. The van der Waals surface area contributed by atoms with E-state index in [1.807, 2.05) is 18.2 Å². The largest absolute Gasteiger partial charge is 0.392 e. The highest BCUT2D eigenvalue weighted by Gasteiger charge is 2.53. The molecule has 2 fully saturated rings. The van der Waals surface area contributed by atoms with Gasteiger partial charge >= 0.3 is 0 Å². The molecular formula is C25H33N3O4. The molecule has 1 saturated heterocycles. The summed E-state index contributed by atoms with van der Waals surface area (Å²) >= 11 is 0. The lowest BCUT2D eigenvalue weighted by molar-refractivity contribution is -0.115. The fraction of sp³-hybridized carbons (Fsp3) is 0.520. The first-order chi connectivity index (χ1) is 15.3. The van der Waals surface area contributed by atoms with Crippen LogP contribution in [0.15, 0.2) is 41.3 Å². The smallest absolute Gasteiger partial charge is 0.255 e. The topological polar surface area (TPSA) is 94.8 Å². The molecule has 1 atom stereocenters. The molecule has 3 N–H and O–H groups in total. The number of piperidine rings is 1. The van der Waals surface area contributed by atoms with Gasteiger partial charge in [-0.3, -0.25) is 9.59 Å². The average molecular weight is 440 g/mol. The van der Waals surface area contributed by atoms with E-state index in [0.717, 1.165) is 32.2 Å². The van der Waals surface area contributed by atoms with Gasteiger partial charge in [-0.15, -0.1) is 0 Å². The number of carbonyl (C=O) groups is 1. The second-order valence-corrected chi connectivity index (χ2v) is 9.53. The number of rotatable bonds is 5. The molecule has 2 heterocycles. The Balaban J connectivity index is 1.82. The molecule has 2 aliphatic rings. The molecule has 1 amide bonds. The summed E-state index contributed by atoms with van der Waals surface area (Å²) in [4.78, 5) is 27.8. The summed E-state index contributed by atoms with van der Waals surface area (Å²) in [7, 11) is 3.35. The van der Waals surface area contributed by atoms with Crippen LogP contribution in [0.25, 0.3) is 11.1 Å².